The van der Waals surface area contributed by atoms with E-state index in [4.69, 9.17) is 4.42 Å². The van der Waals surface area contributed by atoms with Crippen LogP contribution in [0.4, 0.5) is 5.69 Å². The predicted molar refractivity (Wildman–Crippen MR) is 146 cm³/mol. The zero-order valence-electron chi connectivity index (χ0n) is 21.1. The van der Waals surface area contributed by atoms with Gasteiger partial charge >= 0.3 is 0 Å². The first-order valence-electron chi connectivity index (χ1n) is 11.9. The van der Waals surface area contributed by atoms with Crippen molar-refractivity contribution in [1.82, 2.24) is 4.31 Å². The number of aryl methyl sites for hydroxylation is 2. The van der Waals surface area contributed by atoms with E-state index in [1.807, 2.05) is 62.4 Å². The van der Waals surface area contributed by atoms with Crippen LogP contribution in [0.25, 0.3) is 6.08 Å². The Balaban J connectivity index is 1.56. The van der Waals surface area contributed by atoms with Gasteiger partial charge in [-0.05, 0) is 55.8 Å². The summed E-state index contributed by atoms with van der Waals surface area (Å²) in [5.74, 6) is 0.0732. The van der Waals surface area contributed by atoms with Crippen molar-refractivity contribution in [1.29, 1.82) is 5.26 Å². The molecule has 0 aliphatic carbocycles. The Morgan fingerprint density at radius 1 is 0.895 bits per heavy atom. The van der Waals surface area contributed by atoms with Crippen LogP contribution in [0.1, 0.15) is 28.2 Å². The van der Waals surface area contributed by atoms with Gasteiger partial charge in [0, 0.05) is 18.3 Å². The number of carbonyl (C=O) groups excluding carboxylic acids is 1. The highest BCUT2D eigenvalue weighted by atomic mass is 32.2. The molecule has 7 nitrogen and oxygen atoms in total. The summed E-state index contributed by atoms with van der Waals surface area (Å²) in [7, 11) is -3.84. The van der Waals surface area contributed by atoms with E-state index in [0.29, 0.717) is 11.4 Å². The molecule has 4 aromatic rings. The van der Waals surface area contributed by atoms with E-state index in [0.717, 1.165) is 16.7 Å². The zero-order valence-corrected chi connectivity index (χ0v) is 21.9. The smallest absolute Gasteiger partial charge is 0.266 e. The fraction of sp³-hybridized carbons (Fsp3) is 0.133. The first kappa shape index (κ1) is 26.6. The van der Waals surface area contributed by atoms with Crippen LogP contribution in [0.5, 0.6) is 0 Å². The molecular formula is C30H27N3O4S. The van der Waals surface area contributed by atoms with Crippen molar-refractivity contribution in [2.75, 3.05) is 5.32 Å². The molecule has 0 bridgehead atoms. The highest BCUT2D eigenvalue weighted by molar-refractivity contribution is 7.89. The molecule has 0 aliphatic rings. The number of anilines is 1. The van der Waals surface area contributed by atoms with Crippen molar-refractivity contribution in [3.63, 3.8) is 0 Å². The third-order valence-corrected chi connectivity index (χ3v) is 7.64. The molecule has 192 valence electrons. The standard InChI is InChI=1S/C30H27N3O4S/c1-22-8-12-26(13-9-22)32-30(34)25(19-31)18-27-14-15-28(37-27)21-33(20-24-6-4-3-5-7-24)38(35,36)29-16-10-23(2)11-17-29/h3-18H,20-21H2,1-2H3,(H,32,34)/b25-18-. The van der Waals surface area contributed by atoms with Crippen LogP contribution in [0.15, 0.2) is 106 Å². The van der Waals surface area contributed by atoms with Crippen LogP contribution in [0.2, 0.25) is 0 Å². The second-order valence-corrected chi connectivity index (χ2v) is 10.8. The van der Waals surface area contributed by atoms with Gasteiger partial charge < -0.3 is 9.73 Å². The Kier molecular flexibility index (Phi) is 8.22. The molecule has 0 aliphatic heterocycles. The minimum Gasteiger partial charge on any atom is -0.460 e. The molecule has 0 atom stereocenters. The first-order valence-corrected chi connectivity index (χ1v) is 13.4. The van der Waals surface area contributed by atoms with Crippen molar-refractivity contribution in [2.24, 2.45) is 0 Å². The molecule has 0 unspecified atom stereocenters. The van der Waals surface area contributed by atoms with E-state index in [-0.39, 0.29) is 29.3 Å². The fourth-order valence-electron chi connectivity index (χ4n) is 3.73. The Morgan fingerprint density at radius 2 is 1.53 bits per heavy atom. The largest absolute Gasteiger partial charge is 0.460 e. The third kappa shape index (κ3) is 6.65. The van der Waals surface area contributed by atoms with Crippen LogP contribution in [0, 0.1) is 25.2 Å². The van der Waals surface area contributed by atoms with Gasteiger partial charge in [0.25, 0.3) is 5.91 Å². The maximum absolute atomic E-state index is 13.5. The lowest BCUT2D eigenvalue weighted by molar-refractivity contribution is -0.112. The number of benzene rings is 3. The molecule has 38 heavy (non-hydrogen) atoms. The lowest BCUT2D eigenvalue weighted by atomic mass is 10.2. The van der Waals surface area contributed by atoms with E-state index < -0.39 is 15.9 Å². The molecule has 0 fully saturated rings. The van der Waals surface area contributed by atoms with Gasteiger partial charge in [0.2, 0.25) is 10.0 Å². The Labute approximate surface area is 222 Å². The molecule has 0 spiro atoms. The number of amides is 1. The summed E-state index contributed by atoms with van der Waals surface area (Å²) in [5.41, 5.74) is 3.27. The van der Waals surface area contributed by atoms with Crippen LogP contribution in [-0.4, -0.2) is 18.6 Å². The second-order valence-electron chi connectivity index (χ2n) is 8.87. The number of hydrogen-bond donors (Lipinski definition) is 1. The van der Waals surface area contributed by atoms with Gasteiger partial charge in [-0.15, -0.1) is 0 Å². The van der Waals surface area contributed by atoms with E-state index >= 15 is 0 Å². The van der Waals surface area contributed by atoms with Gasteiger partial charge in [-0.1, -0.05) is 65.7 Å². The summed E-state index contributed by atoms with van der Waals surface area (Å²) in [4.78, 5) is 12.8. The van der Waals surface area contributed by atoms with Crippen LogP contribution >= 0.6 is 0 Å². The molecule has 0 radical (unpaired) electrons. The summed E-state index contributed by atoms with van der Waals surface area (Å²) in [6.45, 7) is 3.95. The molecule has 1 heterocycles. The Bertz CT molecular complexity index is 1580. The summed E-state index contributed by atoms with van der Waals surface area (Å²) in [6.07, 6.45) is 1.34. The van der Waals surface area contributed by atoms with Crippen molar-refractivity contribution >= 4 is 27.7 Å². The fourth-order valence-corrected chi connectivity index (χ4v) is 5.12. The Hall–Kier alpha value is -4.45. The average Bonchev–Trinajstić information content (AvgIpc) is 3.36. The van der Waals surface area contributed by atoms with Gasteiger partial charge in [-0.2, -0.15) is 9.57 Å². The zero-order chi connectivity index (χ0) is 27.1. The summed E-state index contributed by atoms with van der Waals surface area (Å²) in [5, 5.41) is 12.2. The minimum atomic E-state index is -3.84. The van der Waals surface area contributed by atoms with Crippen molar-refractivity contribution in [3.8, 4) is 6.07 Å². The molecular weight excluding hydrogens is 498 g/mol. The van der Waals surface area contributed by atoms with Gasteiger partial charge in [-0.3, -0.25) is 4.79 Å². The van der Waals surface area contributed by atoms with Gasteiger partial charge in [-0.25, -0.2) is 8.42 Å². The van der Waals surface area contributed by atoms with Gasteiger partial charge in [0.15, 0.2) is 0 Å². The molecule has 0 saturated carbocycles. The van der Waals surface area contributed by atoms with Crippen molar-refractivity contribution in [3.05, 3.63) is 125 Å². The molecule has 4 rings (SSSR count). The number of nitriles is 1. The maximum Gasteiger partial charge on any atom is 0.266 e. The van der Waals surface area contributed by atoms with Gasteiger partial charge in [0.1, 0.15) is 23.2 Å². The Morgan fingerprint density at radius 3 is 2.16 bits per heavy atom. The van der Waals surface area contributed by atoms with Crippen molar-refractivity contribution < 1.29 is 17.6 Å². The number of nitrogens with one attached hydrogen (secondary N) is 1. The van der Waals surface area contributed by atoms with E-state index in [1.165, 1.54) is 10.4 Å². The topological polar surface area (TPSA) is 103 Å². The molecule has 0 saturated heterocycles. The van der Waals surface area contributed by atoms with Crippen LogP contribution in [-0.2, 0) is 27.9 Å². The average molecular weight is 526 g/mol. The van der Waals surface area contributed by atoms with E-state index in [2.05, 4.69) is 5.32 Å². The molecule has 1 aromatic heterocycles. The molecule has 1 N–H and O–H groups in total. The number of carbonyl (C=O) groups is 1. The number of sulfonamides is 1. The van der Waals surface area contributed by atoms with Crippen LogP contribution in [0.3, 0.4) is 0 Å². The monoisotopic (exact) mass is 525 g/mol. The van der Waals surface area contributed by atoms with Gasteiger partial charge in [0.05, 0.1) is 11.4 Å². The highest BCUT2D eigenvalue weighted by Gasteiger charge is 2.26. The number of furan rings is 1. The maximum atomic E-state index is 13.5. The van der Waals surface area contributed by atoms with Crippen molar-refractivity contribution in [2.45, 2.75) is 31.8 Å². The lowest BCUT2D eigenvalue weighted by Crippen LogP contribution is -2.30. The summed E-state index contributed by atoms with van der Waals surface area (Å²) >= 11 is 0. The number of nitrogens with zero attached hydrogens (tertiary/aromatic N) is 2. The van der Waals surface area contributed by atoms with E-state index in [9.17, 15) is 18.5 Å². The number of rotatable bonds is 9. The molecule has 8 heteroatoms. The van der Waals surface area contributed by atoms with Crippen LogP contribution < -0.4 is 5.32 Å². The SMILES string of the molecule is Cc1ccc(NC(=O)/C(C#N)=C\c2ccc(CN(Cc3ccccc3)S(=O)(=O)c3ccc(C)cc3)o2)cc1. The third-order valence-electron chi connectivity index (χ3n) is 5.84. The second kappa shape index (κ2) is 11.7. The quantitative estimate of drug-likeness (QED) is 0.219. The van der Waals surface area contributed by atoms with E-state index in [1.54, 1.807) is 48.5 Å². The predicted octanol–water partition coefficient (Wildman–Crippen LogP) is 5.83. The molecule has 3 aromatic carbocycles. The first-order chi connectivity index (χ1) is 18.2. The highest BCUT2D eigenvalue weighted by Crippen LogP contribution is 2.23. The normalized spacial score (nSPS) is 11.8. The minimum absolute atomic E-state index is 0.0314. The number of hydrogen-bond acceptors (Lipinski definition) is 5. The summed E-state index contributed by atoms with van der Waals surface area (Å²) < 4.78 is 34.3. The molecule has 1 amide bonds. The summed E-state index contributed by atoms with van der Waals surface area (Å²) in [6, 6.07) is 28.4. The lowest BCUT2D eigenvalue weighted by Gasteiger charge is -2.21.